The second-order valence-electron chi connectivity index (χ2n) is 2.50. The first-order valence-corrected chi connectivity index (χ1v) is 3.75. The van der Waals surface area contributed by atoms with E-state index in [4.69, 9.17) is 10.5 Å². The lowest BCUT2D eigenvalue weighted by atomic mass is 10.2. The third kappa shape index (κ3) is 1.87. The second-order valence-corrected chi connectivity index (χ2v) is 2.50. The molecule has 0 aliphatic rings. The van der Waals surface area contributed by atoms with Crippen molar-refractivity contribution in [3.8, 4) is 0 Å². The highest BCUT2D eigenvalue weighted by Gasteiger charge is 2.16. The van der Waals surface area contributed by atoms with Crippen molar-refractivity contribution in [2.24, 2.45) is 0 Å². The highest BCUT2D eigenvalue weighted by Crippen LogP contribution is 2.13. The lowest BCUT2D eigenvalue weighted by Gasteiger charge is -2.00. The largest absolute Gasteiger partial charge is 0.458 e. The summed E-state index contributed by atoms with van der Waals surface area (Å²) in [6.07, 6.45) is 1.49. The Morgan fingerprint density at radius 1 is 1.85 bits per heavy atom. The number of aryl methyl sites for hydroxylation is 1. The predicted octanol–water partition coefficient (Wildman–Crippen LogP) is 0.643. The lowest BCUT2D eigenvalue weighted by molar-refractivity contribution is 0.0550. The van der Waals surface area contributed by atoms with Gasteiger partial charge in [-0.1, -0.05) is 12.7 Å². The minimum atomic E-state index is -0.483. The number of carbonyl (C=O) groups excluding carboxylic acids is 1. The maximum absolute atomic E-state index is 11.3. The van der Waals surface area contributed by atoms with Crippen molar-refractivity contribution >= 4 is 11.8 Å². The van der Waals surface area contributed by atoms with E-state index in [-0.39, 0.29) is 12.4 Å². The van der Waals surface area contributed by atoms with Gasteiger partial charge in [0.05, 0.1) is 0 Å². The number of esters is 1. The van der Waals surface area contributed by atoms with Gasteiger partial charge in [0.15, 0.2) is 5.82 Å². The number of nitrogens with one attached hydrogen (secondary N) is 1. The van der Waals surface area contributed by atoms with Crippen molar-refractivity contribution in [2.75, 3.05) is 12.3 Å². The maximum atomic E-state index is 11.3. The minimum absolute atomic E-state index is 0.159. The molecule has 0 radical (unpaired) electrons. The highest BCUT2D eigenvalue weighted by atomic mass is 16.5. The standard InChI is InChI=1S/C8H11N3O2/c1-3-4-13-8(12)6-5(2)10-11-7(6)9/h3H,1,4H2,2H3,(H3,9,10,11). The number of H-pyrrole nitrogens is 1. The van der Waals surface area contributed by atoms with E-state index in [1.807, 2.05) is 0 Å². The molecule has 1 aromatic rings. The third-order valence-electron chi connectivity index (χ3n) is 1.51. The van der Waals surface area contributed by atoms with Gasteiger partial charge in [0, 0.05) is 5.69 Å². The van der Waals surface area contributed by atoms with Crippen molar-refractivity contribution in [1.29, 1.82) is 0 Å². The van der Waals surface area contributed by atoms with Crippen LogP contribution in [-0.4, -0.2) is 22.8 Å². The van der Waals surface area contributed by atoms with Gasteiger partial charge in [0.2, 0.25) is 0 Å². The van der Waals surface area contributed by atoms with E-state index in [0.29, 0.717) is 11.3 Å². The molecule has 13 heavy (non-hydrogen) atoms. The molecule has 0 fully saturated rings. The first kappa shape index (κ1) is 9.31. The molecule has 0 aromatic carbocycles. The fourth-order valence-corrected chi connectivity index (χ4v) is 0.912. The number of carbonyl (C=O) groups is 1. The van der Waals surface area contributed by atoms with Crippen LogP contribution in [0.15, 0.2) is 12.7 Å². The first-order chi connectivity index (χ1) is 6.16. The number of nitrogens with zero attached hydrogens (tertiary/aromatic N) is 1. The zero-order chi connectivity index (χ0) is 9.84. The Bertz CT molecular complexity index is 311. The monoisotopic (exact) mass is 181 g/mol. The third-order valence-corrected chi connectivity index (χ3v) is 1.51. The molecule has 0 amide bonds. The van der Waals surface area contributed by atoms with E-state index in [0.717, 1.165) is 0 Å². The van der Waals surface area contributed by atoms with Crippen LogP contribution in [0.4, 0.5) is 5.82 Å². The second kappa shape index (κ2) is 3.75. The number of rotatable bonds is 3. The van der Waals surface area contributed by atoms with Gasteiger partial charge in [-0.2, -0.15) is 5.10 Å². The Balaban J connectivity index is 2.81. The van der Waals surface area contributed by atoms with Gasteiger partial charge in [-0.05, 0) is 6.92 Å². The molecule has 0 spiro atoms. The zero-order valence-corrected chi connectivity index (χ0v) is 7.33. The van der Waals surface area contributed by atoms with Crippen LogP contribution in [0.25, 0.3) is 0 Å². The van der Waals surface area contributed by atoms with Crippen molar-refractivity contribution in [1.82, 2.24) is 10.2 Å². The van der Waals surface area contributed by atoms with E-state index < -0.39 is 5.97 Å². The van der Waals surface area contributed by atoms with E-state index in [1.165, 1.54) is 6.08 Å². The number of ether oxygens (including phenoxy) is 1. The van der Waals surface area contributed by atoms with Gasteiger partial charge in [0.1, 0.15) is 12.2 Å². The zero-order valence-electron chi connectivity index (χ0n) is 7.33. The summed E-state index contributed by atoms with van der Waals surface area (Å²) in [4.78, 5) is 11.3. The molecular formula is C8H11N3O2. The fraction of sp³-hybridized carbons (Fsp3) is 0.250. The van der Waals surface area contributed by atoms with Crippen molar-refractivity contribution in [3.05, 3.63) is 23.9 Å². The molecule has 3 N–H and O–H groups in total. The quantitative estimate of drug-likeness (QED) is 0.529. The summed E-state index contributed by atoms with van der Waals surface area (Å²) < 4.78 is 4.80. The van der Waals surface area contributed by atoms with Crippen molar-refractivity contribution in [2.45, 2.75) is 6.92 Å². The van der Waals surface area contributed by atoms with Crippen LogP contribution < -0.4 is 5.73 Å². The van der Waals surface area contributed by atoms with Gasteiger partial charge in [-0.25, -0.2) is 4.79 Å². The normalized spacial score (nSPS) is 9.62. The summed E-state index contributed by atoms with van der Waals surface area (Å²) in [5.74, 6) is -0.324. The summed E-state index contributed by atoms with van der Waals surface area (Å²) in [5, 5.41) is 6.26. The van der Waals surface area contributed by atoms with Gasteiger partial charge >= 0.3 is 5.97 Å². The Morgan fingerprint density at radius 2 is 2.54 bits per heavy atom. The Kier molecular flexibility index (Phi) is 2.69. The summed E-state index contributed by atoms with van der Waals surface area (Å²) in [6.45, 7) is 5.30. The molecule has 5 heteroatoms. The smallest absolute Gasteiger partial charge is 0.344 e. The topological polar surface area (TPSA) is 81.0 Å². The van der Waals surface area contributed by atoms with Gasteiger partial charge < -0.3 is 10.5 Å². The predicted molar refractivity (Wildman–Crippen MR) is 48.2 cm³/mol. The lowest BCUT2D eigenvalue weighted by Crippen LogP contribution is -2.08. The van der Waals surface area contributed by atoms with E-state index >= 15 is 0 Å². The van der Waals surface area contributed by atoms with Gasteiger partial charge in [-0.15, -0.1) is 0 Å². The highest BCUT2D eigenvalue weighted by molar-refractivity contribution is 5.95. The molecule has 0 bridgehead atoms. The molecule has 1 heterocycles. The van der Waals surface area contributed by atoms with E-state index in [2.05, 4.69) is 16.8 Å². The molecular weight excluding hydrogens is 170 g/mol. The number of nitrogen functional groups attached to an aromatic ring is 1. The molecule has 0 atom stereocenters. The average Bonchev–Trinajstić information content (AvgIpc) is 2.42. The summed E-state index contributed by atoms with van der Waals surface area (Å²) >= 11 is 0. The molecule has 1 aromatic heterocycles. The fourth-order valence-electron chi connectivity index (χ4n) is 0.912. The van der Waals surface area contributed by atoms with Crippen LogP contribution in [0.1, 0.15) is 16.1 Å². The van der Waals surface area contributed by atoms with Crippen molar-refractivity contribution in [3.63, 3.8) is 0 Å². The Labute approximate surface area is 75.6 Å². The van der Waals surface area contributed by atoms with Crippen LogP contribution in [-0.2, 0) is 4.74 Å². The minimum Gasteiger partial charge on any atom is -0.458 e. The number of aromatic nitrogens is 2. The van der Waals surface area contributed by atoms with Crippen LogP contribution in [0.2, 0.25) is 0 Å². The van der Waals surface area contributed by atoms with Gasteiger partial charge in [0.25, 0.3) is 0 Å². The molecule has 0 aliphatic carbocycles. The molecule has 70 valence electrons. The summed E-state index contributed by atoms with van der Waals surface area (Å²) in [7, 11) is 0. The van der Waals surface area contributed by atoms with Crippen LogP contribution in [0, 0.1) is 6.92 Å². The number of nitrogens with two attached hydrogens (primary N) is 1. The molecule has 5 nitrogen and oxygen atoms in total. The van der Waals surface area contributed by atoms with E-state index in [9.17, 15) is 4.79 Å². The first-order valence-electron chi connectivity index (χ1n) is 3.75. The summed E-state index contributed by atoms with van der Waals surface area (Å²) in [5.41, 5.74) is 6.34. The van der Waals surface area contributed by atoms with Gasteiger partial charge in [-0.3, -0.25) is 5.10 Å². The van der Waals surface area contributed by atoms with Crippen molar-refractivity contribution < 1.29 is 9.53 Å². The Morgan fingerprint density at radius 3 is 3.00 bits per heavy atom. The molecule has 0 aliphatic heterocycles. The van der Waals surface area contributed by atoms with Crippen LogP contribution >= 0.6 is 0 Å². The number of hydrogen-bond acceptors (Lipinski definition) is 4. The van der Waals surface area contributed by atoms with Crippen LogP contribution in [0.5, 0.6) is 0 Å². The van der Waals surface area contributed by atoms with E-state index in [1.54, 1.807) is 6.92 Å². The molecule has 1 rings (SSSR count). The van der Waals surface area contributed by atoms with Crippen LogP contribution in [0.3, 0.4) is 0 Å². The molecule has 0 saturated carbocycles. The maximum Gasteiger partial charge on any atom is 0.344 e. The molecule has 0 unspecified atom stereocenters. The molecule has 0 saturated heterocycles. The average molecular weight is 181 g/mol. The number of hydrogen-bond donors (Lipinski definition) is 2. The number of anilines is 1. The Hall–Kier alpha value is -1.78. The number of aromatic amines is 1. The SMILES string of the molecule is C=CCOC(=O)c1c(N)n[nH]c1C. The summed E-state index contributed by atoms with van der Waals surface area (Å²) in [6, 6.07) is 0.